The second-order valence-corrected chi connectivity index (χ2v) is 8.63. The summed E-state index contributed by atoms with van der Waals surface area (Å²) >= 11 is 0. The predicted octanol–water partition coefficient (Wildman–Crippen LogP) is 3.34. The number of nitrogens with one attached hydrogen (secondary N) is 2. The SMILES string of the molecule is [B]c1c([C@H]2CN[C@@H](C)C[C@@H]2c2ccc(F)c(F)c2)noc1-c1ccccc1CCNC(C)=O. The van der Waals surface area contributed by atoms with Gasteiger partial charge < -0.3 is 15.2 Å². The van der Waals surface area contributed by atoms with Gasteiger partial charge in [-0.05, 0) is 54.4 Å². The van der Waals surface area contributed by atoms with Crippen LogP contribution in [0.2, 0.25) is 0 Å². The first-order valence-electron chi connectivity index (χ1n) is 11.1. The van der Waals surface area contributed by atoms with Gasteiger partial charge in [-0.1, -0.05) is 35.5 Å². The Labute approximate surface area is 193 Å². The summed E-state index contributed by atoms with van der Waals surface area (Å²) in [7, 11) is 6.55. The predicted molar refractivity (Wildman–Crippen MR) is 124 cm³/mol. The Morgan fingerprint density at radius 1 is 1.21 bits per heavy atom. The lowest BCUT2D eigenvalue weighted by molar-refractivity contribution is -0.118. The highest BCUT2D eigenvalue weighted by Gasteiger charge is 2.35. The van der Waals surface area contributed by atoms with Gasteiger partial charge >= 0.3 is 0 Å². The minimum absolute atomic E-state index is 0.0868. The highest BCUT2D eigenvalue weighted by Crippen LogP contribution is 2.39. The van der Waals surface area contributed by atoms with Crippen LogP contribution in [0.3, 0.4) is 0 Å². The van der Waals surface area contributed by atoms with Crippen molar-refractivity contribution in [1.82, 2.24) is 15.8 Å². The van der Waals surface area contributed by atoms with Crippen LogP contribution in [0.25, 0.3) is 11.3 Å². The third kappa shape index (κ3) is 5.01. The van der Waals surface area contributed by atoms with Gasteiger partial charge in [-0.25, -0.2) is 8.78 Å². The van der Waals surface area contributed by atoms with Crippen LogP contribution in [0.15, 0.2) is 47.0 Å². The molecule has 2 N–H and O–H groups in total. The molecule has 5 nitrogen and oxygen atoms in total. The van der Waals surface area contributed by atoms with Crippen molar-refractivity contribution >= 4 is 19.2 Å². The quantitative estimate of drug-likeness (QED) is 0.567. The summed E-state index contributed by atoms with van der Waals surface area (Å²) in [5.41, 5.74) is 3.56. The molecule has 1 saturated heterocycles. The van der Waals surface area contributed by atoms with Gasteiger partial charge in [0, 0.05) is 37.5 Å². The second-order valence-electron chi connectivity index (χ2n) is 8.63. The zero-order valence-electron chi connectivity index (χ0n) is 18.7. The summed E-state index contributed by atoms with van der Waals surface area (Å²) in [6.45, 7) is 4.63. The Morgan fingerprint density at radius 2 is 2.00 bits per heavy atom. The van der Waals surface area contributed by atoms with E-state index in [1.165, 1.54) is 13.0 Å². The van der Waals surface area contributed by atoms with Gasteiger partial charge in [-0.2, -0.15) is 0 Å². The van der Waals surface area contributed by atoms with Gasteiger partial charge in [0.05, 0.1) is 5.69 Å². The number of amides is 1. The van der Waals surface area contributed by atoms with Crippen LogP contribution in [-0.2, 0) is 11.2 Å². The van der Waals surface area contributed by atoms with Crippen LogP contribution in [0.4, 0.5) is 8.78 Å². The normalized spacial score (nSPS) is 20.5. The number of rotatable bonds is 6. The molecule has 33 heavy (non-hydrogen) atoms. The van der Waals surface area contributed by atoms with Crippen molar-refractivity contribution in [2.75, 3.05) is 13.1 Å². The Kier molecular flexibility index (Phi) is 6.93. The Balaban J connectivity index is 1.66. The standard InChI is InChI=1S/C25H26BF2N3O2/c1-14-11-19(17-7-8-21(27)22(28)12-17)20(13-30-14)24-23(26)25(33-31-24)18-6-4-3-5-16(18)9-10-29-15(2)32/h3-8,12,14,19-20,30H,9-11,13H2,1-2H3,(H,29,32)/t14-,19+,20-/m0/s1. The van der Waals surface area contributed by atoms with E-state index >= 15 is 0 Å². The van der Waals surface area contributed by atoms with E-state index in [-0.39, 0.29) is 23.8 Å². The molecular formula is C25H26BF2N3O2. The molecule has 0 unspecified atom stereocenters. The van der Waals surface area contributed by atoms with Gasteiger partial charge in [-0.3, -0.25) is 4.79 Å². The zero-order valence-corrected chi connectivity index (χ0v) is 18.7. The highest BCUT2D eigenvalue weighted by molar-refractivity contribution is 6.36. The van der Waals surface area contributed by atoms with Crippen LogP contribution in [0, 0.1) is 11.6 Å². The number of hydrogen-bond donors (Lipinski definition) is 2. The van der Waals surface area contributed by atoms with E-state index < -0.39 is 11.6 Å². The number of hydrogen-bond acceptors (Lipinski definition) is 4. The first-order chi connectivity index (χ1) is 15.8. The third-order valence-electron chi connectivity index (χ3n) is 6.29. The van der Waals surface area contributed by atoms with Gasteiger partial charge in [0.25, 0.3) is 0 Å². The van der Waals surface area contributed by atoms with E-state index in [0.717, 1.165) is 23.6 Å². The second kappa shape index (κ2) is 9.87. The van der Waals surface area contributed by atoms with E-state index in [9.17, 15) is 13.6 Å². The maximum absolute atomic E-state index is 14.0. The minimum Gasteiger partial charge on any atom is -0.357 e. The monoisotopic (exact) mass is 449 g/mol. The molecule has 8 heteroatoms. The molecule has 2 aromatic carbocycles. The van der Waals surface area contributed by atoms with E-state index in [0.29, 0.717) is 42.0 Å². The topological polar surface area (TPSA) is 67.2 Å². The van der Waals surface area contributed by atoms with Crippen molar-refractivity contribution < 1.29 is 18.1 Å². The highest BCUT2D eigenvalue weighted by atomic mass is 19.2. The van der Waals surface area contributed by atoms with Gasteiger partial charge in [0.2, 0.25) is 5.91 Å². The molecule has 0 spiro atoms. The molecular weight excluding hydrogens is 423 g/mol. The van der Waals surface area contributed by atoms with E-state index in [2.05, 4.69) is 22.7 Å². The summed E-state index contributed by atoms with van der Waals surface area (Å²) < 4.78 is 33.2. The van der Waals surface area contributed by atoms with Gasteiger partial charge in [0.1, 0.15) is 7.85 Å². The van der Waals surface area contributed by atoms with Crippen LogP contribution in [-0.4, -0.2) is 38.0 Å². The van der Waals surface area contributed by atoms with Crippen molar-refractivity contribution in [3.63, 3.8) is 0 Å². The summed E-state index contributed by atoms with van der Waals surface area (Å²) in [6.07, 6.45) is 1.34. The summed E-state index contributed by atoms with van der Waals surface area (Å²) in [6, 6.07) is 12.0. The minimum atomic E-state index is -0.864. The van der Waals surface area contributed by atoms with E-state index in [1.807, 2.05) is 24.3 Å². The van der Waals surface area contributed by atoms with Crippen LogP contribution < -0.4 is 16.1 Å². The van der Waals surface area contributed by atoms with Crippen molar-refractivity contribution in [2.45, 2.75) is 44.6 Å². The number of nitrogens with zero attached hydrogens (tertiary/aromatic N) is 1. The number of piperidine rings is 1. The zero-order chi connectivity index (χ0) is 23.5. The van der Waals surface area contributed by atoms with Crippen molar-refractivity contribution in [3.8, 4) is 11.3 Å². The Morgan fingerprint density at radius 3 is 2.76 bits per heavy atom. The smallest absolute Gasteiger partial charge is 0.216 e. The molecule has 170 valence electrons. The first-order valence-corrected chi connectivity index (χ1v) is 11.1. The van der Waals surface area contributed by atoms with Gasteiger partial charge in [-0.15, -0.1) is 0 Å². The number of benzene rings is 2. The summed E-state index contributed by atoms with van der Waals surface area (Å²) in [4.78, 5) is 11.2. The lowest BCUT2D eigenvalue weighted by Gasteiger charge is -2.35. The third-order valence-corrected chi connectivity index (χ3v) is 6.29. The largest absolute Gasteiger partial charge is 0.357 e. The molecule has 2 heterocycles. The Hall–Kier alpha value is -3.00. The molecule has 1 aromatic heterocycles. The molecule has 1 aliphatic rings. The van der Waals surface area contributed by atoms with Crippen molar-refractivity contribution in [3.05, 3.63) is 70.9 Å². The number of halogens is 2. The molecule has 0 saturated carbocycles. The van der Waals surface area contributed by atoms with Crippen LogP contribution in [0.1, 0.15) is 48.9 Å². The fraction of sp³-hybridized carbons (Fsp3) is 0.360. The average molecular weight is 449 g/mol. The Bertz CT molecular complexity index is 1150. The lowest BCUT2D eigenvalue weighted by Crippen LogP contribution is -2.41. The van der Waals surface area contributed by atoms with Crippen LogP contribution in [0.5, 0.6) is 0 Å². The van der Waals surface area contributed by atoms with Crippen LogP contribution >= 0.6 is 0 Å². The maximum atomic E-state index is 14.0. The molecule has 1 aliphatic heterocycles. The molecule has 2 radical (unpaired) electrons. The van der Waals surface area contributed by atoms with E-state index in [1.54, 1.807) is 6.07 Å². The fourth-order valence-electron chi connectivity index (χ4n) is 4.60. The first kappa shape index (κ1) is 23.2. The number of carbonyl (C=O) groups excluding carboxylic acids is 1. The summed E-state index contributed by atoms with van der Waals surface area (Å²) in [5.74, 6) is -1.58. The maximum Gasteiger partial charge on any atom is 0.216 e. The molecule has 3 aromatic rings. The van der Waals surface area contributed by atoms with Gasteiger partial charge in [0.15, 0.2) is 17.4 Å². The van der Waals surface area contributed by atoms with E-state index in [4.69, 9.17) is 12.4 Å². The average Bonchev–Trinajstić information content (AvgIpc) is 3.16. The number of carbonyl (C=O) groups is 1. The lowest BCUT2D eigenvalue weighted by atomic mass is 9.73. The molecule has 0 bridgehead atoms. The van der Waals surface area contributed by atoms with Crippen molar-refractivity contribution in [2.24, 2.45) is 0 Å². The molecule has 1 fully saturated rings. The van der Waals surface area contributed by atoms with Crippen molar-refractivity contribution in [1.29, 1.82) is 0 Å². The summed E-state index contributed by atoms with van der Waals surface area (Å²) in [5, 5.41) is 10.6. The fourth-order valence-corrected chi connectivity index (χ4v) is 4.60. The number of aromatic nitrogens is 1. The molecule has 3 atom stereocenters. The molecule has 4 rings (SSSR count). The molecule has 0 aliphatic carbocycles. The molecule has 1 amide bonds.